The number of carbonyl (C=O) groups is 1. The van der Waals surface area contributed by atoms with Gasteiger partial charge in [-0.1, -0.05) is 0 Å². The van der Waals surface area contributed by atoms with E-state index >= 15 is 0 Å². The molecule has 3 rings (SSSR count). The van der Waals surface area contributed by atoms with Gasteiger partial charge in [-0.3, -0.25) is 4.79 Å². The second-order valence-electron chi connectivity index (χ2n) is 3.64. The summed E-state index contributed by atoms with van der Waals surface area (Å²) in [7, 11) is 0. The zero-order valence-corrected chi connectivity index (χ0v) is 7.92. The number of aromatic nitrogens is 4. The first-order chi connectivity index (χ1) is 7.31. The first kappa shape index (κ1) is 8.34. The SMILES string of the molecule is Nc1ncnc2c1c(C=O)nn2C1CC1. The first-order valence-electron chi connectivity index (χ1n) is 4.75. The molecule has 76 valence electrons. The van der Waals surface area contributed by atoms with E-state index in [9.17, 15) is 4.79 Å². The van der Waals surface area contributed by atoms with Crippen LogP contribution in [0.1, 0.15) is 29.4 Å². The number of nitrogens with two attached hydrogens (primary N) is 1. The third-order valence-corrected chi connectivity index (χ3v) is 2.55. The summed E-state index contributed by atoms with van der Waals surface area (Å²) in [4.78, 5) is 18.8. The molecule has 6 nitrogen and oxygen atoms in total. The lowest BCUT2D eigenvalue weighted by molar-refractivity contribution is 0.111. The van der Waals surface area contributed by atoms with E-state index < -0.39 is 0 Å². The normalized spacial score (nSPS) is 15.7. The molecule has 2 aromatic heterocycles. The summed E-state index contributed by atoms with van der Waals surface area (Å²) < 4.78 is 1.77. The van der Waals surface area contributed by atoms with Crippen molar-refractivity contribution in [2.75, 3.05) is 5.73 Å². The van der Waals surface area contributed by atoms with Gasteiger partial charge in [-0.05, 0) is 12.8 Å². The van der Waals surface area contributed by atoms with Crippen molar-refractivity contribution in [1.29, 1.82) is 0 Å². The van der Waals surface area contributed by atoms with Crippen LogP contribution in [0.25, 0.3) is 11.0 Å². The monoisotopic (exact) mass is 203 g/mol. The number of carbonyl (C=O) groups excluding carboxylic acids is 1. The molecule has 15 heavy (non-hydrogen) atoms. The Kier molecular flexibility index (Phi) is 1.53. The Morgan fingerprint density at radius 2 is 2.27 bits per heavy atom. The second-order valence-corrected chi connectivity index (χ2v) is 3.64. The molecule has 0 unspecified atom stereocenters. The number of aldehydes is 1. The van der Waals surface area contributed by atoms with Gasteiger partial charge in [-0.2, -0.15) is 5.10 Å². The Balaban J connectivity index is 2.38. The molecule has 2 aromatic rings. The predicted molar refractivity (Wildman–Crippen MR) is 53.4 cm³/mol. The average Bonchev–Trinajstić information content (AvgIpc) is 3.00. The highest BCUT2D eigenvalue weighted by Crippen LogP contribution is 2.37. The van der Waals surface area contributed by atoms with E-state index in [-0.39, 0.29) is 0 Å². The molecule has 1 aliphatic rings. The fourth-order valence-corrected chi connectivity index (χ4v) is 1.68. The van der Waals surface area contributed by atoms with Gasteiger partial charge < -0.3 is 5.73 Å². The van der Waals surface area contributed by atoms with Gasteiger partial charge in [-0.15, -0.1) is 0 Å². The molecule has 0 aromatic carbocycles. The summed E-state index contributed by atoms with van der Waals surface area (Å²) in [6.45, 7) is 0. The van der Waals surface area contributed by atoms with E-state index in [0.29, 0.717) is 34.9 Å². The highest BCUT2D eigenvalue weighted by Gasteiger charge is 2.28. The molecule has 0 radical (unpaired) electrons. The average molecular weight is 203 g/mol. The van der Waals surface area contributed by atoms with Gasteiger partial charge in [0, 0.05) is 0 Å². The molecule has 1 aliphatic carbocycles. The second kappa shape index (κ2) is 2.75. The van der Waals surface area contributed by atoms with E-state index in [0.717, 1.165) is 12.8 Å². The predicted octanol–water partition coefficient (Wildman–Crippen LogP) is 0.556. The van der Waals surface area contributed by atoms with Gasteiger partial charge in [0.1, 0.15) is 17.8 Å². The van der Waals surface area contributed by atoms with Crippen molar-refractivity contribution in [2.45, 2.75) is 18.9 Å². The topological polar surface area (TPSA) is 86.7 Å². The summed E-state index contributed by atoms with van der Waals surface area (Å²) in [6, 6.07) is 0.371. The van der Waals surface area contributed by atoms with Gasteiger partial charge >= 0.3 is 0 Å². The number of nitrogen functional groups attached to an aromatic ring is 1. The Morgan fingerprint density at radius 3 is 2.93 bits per heavy atom. The number of hydrogen-bond acceptors (Lipinski definition) is 5. The third-order valence-electron chi connectivity index (χ3n) is 2.55. The highest BCUT2D eigenvalue weighted by molar-refractivity contribution is 5.99. The van der Waals surface area contributed by atoms with E-state index in [1.807, 2.05) is 0 Å². The smallest absolute Gasteiger partial charge is 0.171 e. The van der Waals surface area contributed by atoms with Crippen molar-refractivity contribution in [3.63, 3.8) is 0 Å². The maximum Gasteiger partial charge on any atom is 0.171 e. The van der Waals surface area contributed by atoms with Crippen molar-refractivity contribution in [1.82, 2.24) is 19.7 Å². The molecule has 0 bridgehead atoms. The Bertz CT molecular complexity index is 543. The number of fused-ring (bicyclic) bond motifs is 1. The minimum atomic E-state index is 0.314. The summed E-state index contributed by atoms with van der Waals surface area (Å²) in [5, 5.41) is 4.77. The summed E-state index contributed by atoms with van der Waals surface area (Å²) in [5.74, 6) is 0.314. The van der Waals surface area contributed by atoms with Crippen molar-refractivity contribution >= 4 is 23.1 Å². The van der Waals surface area contributed by atoms with Crippen LogP contribution < -0.4 is 5.73 Å². The van der Waals surface area contributed by atoms with E-state index in [1.165, 1.54) is 6.33 Å². The molecule has 0 saturated heterocycles. The molecule has 1 saturated carbocycles. The molecule has 0 amide bonds. The fraction of sp³-hybridized carbons (Fsp3) is 0.333. The fourth-order valence-electron chi connectivity index (χ4n) is 1.68. The van der Waals surface area contributed by atoms with Crippen molar-refractivity contribution in [2.24, 2.45) is 0 Å². The minimum absolute atomic E-state index is 0.314. The van der Waals surface area contributed by atoms with Crippen LogP contribution in [0.5, 0.6) is 0 Å². The molecule has 1 fully saturated rings. The van der Waals surface area contributed by atoms with Crippen LogP contribution in [-0.4, -0.2) is 26.0 Å². The third kappa shape index (κ3) is 1.11. The largest absolute Gasteiger partial charge is 0.383 e. The van der Waals surface area contributed by atoms with Gasteiger partial charge in [0.15, 0.2) is 11.9 Å². The molecular formula is C9H9N5O. The van der Waals surface area contributed by atoms with Crippen molar-refractivity contribution in [3.05, 3.63) is 12.0 Å². The van der Waals surface area contributed by atoms with Gasteiger partial charge in [0.2, 0.25) is 0 Å². The zero-order chi connectivity index (χ0) is 10.4. The highest BCUT2D eigenvalue weighted by atomic mass is 16.1. The van der Waals surface area contributed by atoms with Gasteiger partial charge in [0.25, 0.3) is 0 Å². The maximum absolute atomic E-state index is 10.8. The Hall–Kier alpha value is -1.98. The molecule has 6 heteroatoms. The minimum Gasteiger partial charge on any atom is -0.383 e. The Labute approximate surface area is 85.1 Å². The summed E-state index contributed by atoms with van der Waals surface area (Å²) >= 11 is 0. The quantitative estimate of drug-likeness (QED) is 0.720. The number of nitrogens with zero attached hydrogens (tertiary/aromatic N) is 4. The lowest BCUT2D eigenvalue weighted by Crippen LogP contribution is -1.98. The van der Waals surface area contributed by atoms with Crippen LogP contribution in [0.15, 0.2) is 6.33 Å². The lowest BCUT2D eigenvalue weighted by Gasteiger charge is -1.98. The van der Waals surface area contributed by atoms with E-state index in [1.54, 1.807) is 4.68 Å². The Morgan fingerprint density at radius 1 is 1.47 bits per heavy atom. The van der Waals surface area contributed by atoms with Crippen LogP contribution in [0.2, 0.25) is 0 Å². The van der Waals surface area contributed by atoms with E-state index in [4.69, 9.17) is 5.73 Å². The van der Waals surface area contributed by atoms with Gasteiger partial charge in [-0.25, -0.2) is 14.6 Å². The van der Waals surface area contributed by atoms with Crippen molar-refractivity contribution in [3.8, 4) is 0 Å². The van der Waals surface area contributed by atoms with Crippen molar-refractivity contribution < 1.29 is 4.79 Å². The maximum atomic E-state index is 10.8. The van der Waals surface area contributed by atoms with Crippen LogP contribution in [0.4, 0.5) is 5.82 Å². The molecule has 2 N–H and O–H groups in total. The molecule has 0 spiro atoms. The standard InChI is InChI=1S/C9H9N5O/c10-8-7-6(3-15)13-14(5-1-2-5)9(7)12-4-11-8/h3-5H,1-2H2,(H2,10,11,12). The number of rotatable bonds is 2. The van der Waals surface area contributed by atoms with Crippen LogP contribution in [0, 0.1) is 0 Å². The molecule has 0 aliphatic heterocycles. The van der Waals surface area contributed by atoms with E-state index in [2.05, 4.69) is 15.1 Å². The lowest BCUT2D eigenvalue weighted by atomic mass is 10.3. The molecular weight excluding hydrogens is 194 g/mol. The summed E-state index contributed by atoms with van der Waals surface area (Å²) in [6.07, 6.45) is 4.26. The zero-order valence-electron chi connectivity index (χ0n) is 7.92. The van der Waals surface area contributed by atoms with Crippen LogP contribution in [0.3, 0.4) is 0 Å². The molecule has 0 atom stereocenters. The van der Waals surface area contributed by atoms with Gasteiger partial charge in [0.05, 0.1) is 11.4 Å². The first-order valence-corrected chi connectivity index (χ1v) is 4.75. The van der Waals surface area contributed by atoms with Crippen LogP contribution in [-0.2, 0) is 0 Å². The van der Waals surface area contributed by atoms with Crippen LogP contribution >= 0.6 is 0 Å². The number of anilines is 1. The molecule has 2 heterocycles. The summed E-state index contributed by atoms with van der Waals surface area (Å²) in [5.41, 5.74) is 6.69. The number of hydrogen-bond donors (Lipinski definition) is 1.